The van der Waals surface area contributed by atoms with Gasteiger partial charge in [-0.15, -0.1) is 0 Å². The number of nitrogens with zero attached hydrogens (tertiary/aromatic N) is 1. The van der Waals surface area contributed by atoms with Crippen LogP contribution in [0.15, 0.2) is 246 Å². The molecule has 312 valence electrons. The summed E-state index contributed by atoms with van der Waals surface area (Å²) in [5, 5.41) is 7.61. The van der Waals surface area contributed by atoms with Gasteiger partial charge >= 0.3 is 0 Å². The number of hydrogen-bond donors (Lipinski definition) is 0. The highest BCUT2D eigenvalue weighted by atomic mass is 32.2. The second-order valence-electron chi connectivity index (χ2n) is 18.2. The van der Waals surface area contributed by atoms with Crippen molar-refractivity contribution in [3.63, 3.8) is 0 Å². The van der Waals surface area contributed by atoms with E-state index in [-0.39, 0.29) is 5.41 Å². The standard InChI is InChI=1S/C64H45NS/c1-63(44-20-8-4-9-21-44)56-28-16-17-29-60(56)66-62-58(63)39-38-57-61(62)54-37-35-48(41-59(54)64(57,2)45-22-10-5-11-23-45)65(46-32-30-43(31-33-46)42-18-6-3-7-19-42)47-34-36-53-51-26-13-12-24-49(51)50-25-14-15-27-52(50)55(53)40-47/h3-41H,1-2H3. The second kappa shape index (κ2) is 15.0. The van der Waals surface area contributed by atoms with Gasteiger partial charge < -0.3 is 4.90 Å². The topological polar surface area (TPSA) is 3.24 Å². The van der Waals surface area contributed by atoms with Crippen LogP contribution in [-0.4, -0.2) is 0 Å². The first kappa shape index (κ1) is 38.8. The highest BCUT2D eigenvalue weighted by Crippen LogP contribution is 2.62. The van der Waals surface area contributed by atoms with Gasteiger partial charge in [-0.2, -0.15) is 0 Å². The van der Waals surface area contributed by atoms with E-state index < -0.39 is 5.41 Å². The van der Waals surface area contributed by atoms with Crippen molar-refractivity contribution < 1.29 is 0 Å². The number of fused-ring (bicyclic) bond motifs is 12. The van der Waals surface area contributed by atoms with Crippen LogP contribution in [0.1, 0.15) is 47.2 Å². The molecule has 0 amide bonds. The van der Waals surface area contributed by atoms with Crippen LogP contribution in [0, 0.1) is 0 Å². The summed E-state index contributed by atoms with van der Waals surface area (Å²) in [5.41, 5.74) is 15.7. The fraction of sp³-hybridized carbons (Fsp3) is 0.0625. The van der Waals surface area contributed by atoms with Gasteiger partial charge in [-0.25, -0.2) is 0 Å². The van der Waals surface area contributed by atoms with E-state index in [0.29, 0.717) is 0 Å². The lowest BCUT2D eigenvalue weighted by molar-refractivity contribution is 0.652. The molecule has 1 nitrogen and oxygen atoms in total. The molecule has 0 aromatic heterocycles. The molecule has 2 atom stereocenters. The van der Waals surface area contributed by atoms with Crippen molar-refractivity contribution in [1.29, 1.82) is 0 Å². The molecule has 2 aliphatic rings. The predicted molar refractivity (Wildman–Crippen MR) is 279 cm³/mol. The molecule has 0 spiro atoms. The van der Waals surface area contributed by atoms with E-state index >= 15 is 0 Å². The summed E-state index contributed by atoms with van der Waals surface area (Å²) < 4.78 is 0. The molecule has 1 heterocycles. The Morgan fingerprint density at radius 3 is 1.45 bits per heavy atom. The first-order chi connectivity index (χ1) is 32.5. The van der Waals surface area contributed by atoms with Crippen LogP contribution in [0.2, 0.25) is 0 Å². The maximum absolute atomic E-state index is 2.50. The molecule has 0 saturated carbocycles. The van der Waals surface area contributed by atoms with E-state index in [1.54, 1.807) is 0 Å². The first-order valence-corrected chi connectivity index (χ1v) is 23.8. The van der Waals surface area contributed by atoms with Crippen molar-refractivity contribution in [2.75, 3.05) is 4.90 Å². The predicted octanol–water partition coefficient (Wildman–Crippen LogP) is 17.4. The fourth-order valence-electron chi connectivity index (χ4n) is 11.5. The van der Waals surface area contributed by atoms with Gasteiger partial charge in [-0.3, -0.25) is 0 Å². The van der Waals surface area contributed by atoms with Crippen LogP contribution in [0.3, 0.4) is 0 Å². The summed E-state index contributed by atoms with van der Waals surface area (Å²) in [6.07, 6.45) is 0. The van der Waals surface area contributed by atoms with Gasteiger partial charge in [0.15, 0.2) is 0 Å². The molecule has 0 N–H and O–H groups in total. The summed E-state index contributed by atoms with van der Waals surface area (Å²) in [7, 11) is 0. The maximum atomic E-state index is 2.50. The molecule has 11 aromatic carbocycles. The van der Waals surface area contributed by atoms with E-state index in [1.807, 2.05) is 11.8 Å². The van der Waals surface area contributed by atoms with Crippen molar-refractivity contribution in [2.24, 2.45) is 0 Å². The van der Waals surface area contributed by atoms with E-state index in [2.05, 4.69) is 255 Å². The number of anilines is 3. The third-order valence-corrected chi connectivity index (χ3v) is 16.1. The Bertz CT molecular complexity index is 3660. The number of rotatable bonds is 6. The molecule has 66 heavy (non-hydrogen) atoms. The summed E-state index contributed by atoms with van der Waals surface area (Å²) >= 11 is 1.94. The number of hydrogen-bond acceptors (Lipinski definition) is 2. The van der Waals surface area contributed by atoms with Gasteiger partial charge in [-0.05, 0) is 139 Å². The van der Waals surface area contributed by atoms with Crippen molar-refractivity contribution in [2.45, 2.75) is 34.5 Å². The Hall–Kier alpha value is -7.65. The molecule has 1 aliphatic carbocycles. The molecule has 2 unspecified atom stereocenters. The average Bonchev–Trinajstić information content (AvgIpc) is 3.65. The molecule has 0 bridgehead atoms. The maximum Gasteiger partial charge on any atom is 0.0468 e. The zero-order valence-corrected chi connectivity index (χ0v) is 37.7. The van der Waals surface area contributed by atoms with E-state index in [4.69, 9.17) is 0 Å². The Morgan fingerprint density at radius 1 is 0.333 bits per heavy atom. The Balaban J connectivity index is 1.05. The average molecular weight is 860 g/mol. The number of benzene rings is 11. The van der Waals surface area contributed by atoms with E-state index in [9.17, 15) is 0 Å². The fourth-order valence-corrected chi connectivity index (χ4v) is 13.0. The van der Waals surface area contributed by atoms with Gasteiger partial charge in [-0.1, -0.05) is 206 Å². The van der Waals surface area contributed by atoms with Gasteiger partial charge in [0.05, 0.1) is 0 Å². The molecule has 11 aromatic rings. The largest absolute Gasteiger partial charge is 0.310 e. The second-order valence-corrected chi connectivity index (χ2v) is 19.3. The van der Waals surface area contributed by atoms with Gasteiger partial charge in [0.2, 0.25) is 0 Å². The lowest BCUT2D eigenvalue weighted by atomic mass is 9.69. The monoisotopic (exact) mass is 859 g/mol. The normalized spacial score (nSPS) is 17.0. The minimum absolute atomic E-state index is 0.326. The third kappa shape index (κ3) is 5.68. The molecule has 1 aliphatic heterocycles. The highest BCUT2D eigenvalue weighted by molar-refractivity contribution is 7.99. The minimum atomic E-state index is -0.418. The zero-order valence-electron chi connectivity index (χ0n) is 36.9. The molecule has 13 rings (SSSR count). The molecule has 0 saturated heterocycles. The van der Waals surface area contributed by atoms with Gasteiger partial charge in [0, 0.05) is 43.2 Å². The molecule has 0 radical (unpaired) electrons. The van der Waals surface area contributed by atoms with Crippen molar-refractivity contribution in [3.05, 3.63) is 270 Å². The first-order valence-electron chi connectivity index (χ1n) is 23.0. The van der Waals surface area contributed by atoms with Crippen molar-refractivity contribution in [3.8, 4) is 22.3 Å². The SMILES string of the molecule is CC1(c2ccccc2)c2ccccc2Sc2c1ccc1c2-c2ccc(N(c3ccc(-c4ccccc4)cc3)c3ccc4c5ccccc5c5ccccc5c4c3)cc2C1(C)c1ccccc1. The zero-order chi connectivity index (χ0) is 44.0. The molecule has 0 fully saturated rings. The van der Waals surface area contributed by atoms with Crippen LogP contribution < -0.4 is 4.90 Å². The van der Waals surface area contributed by atoms with Crippen LogP contribution >= 0.6 is 11.8 Å². The van der Waals surface area contributed by atoms with Crippen LogP contribution in [-0.2, 0) is 10.8 Å². The van der Waals surface area contributed by atoms with Crippen LogP contribution in [0.4, 0.5) is 17.1 Å². The minimum Gasteiger partial charge on any atom is -0.310 e. The van der Waals surface area contributed by atoms with Gasteiger partial charge in [0.25, 0.3) is 0 Å². The smallest absolute Gasteiger partial charge is 0.0468 e. The highest BCUT2D eigenvalue weighted by Gasteiger charge is 2.47. The Kier molecular flexibility index (Phi) is 8.79. The lowest BCUT2D eigenvalue weighted by Crippen LogP contribution is -2.30. The summed E-state index contributed by atoms with van der Waals surface area (Å²) in [6.45, 7) is 4.88. The molecular weight excluding hydrogens is 815 g/mol. The van der Waals surface area contributed by atoms with Crippen LogP contribution in [0.25, 0.3) is 54.6 Å². The summed E-state index contributed by atoms with van der Waals surface area (Å²) in [6, 6.07) is 88.1. The molecular formula is C64H45NS. The quantitative estimate of drug-likeness (QED) is 0.153. The van der Waals surface area contributed by atoms with E-state index in [0.717, 1.165) is 17.1 Å². The van der Waals surface area contributed by atoms with Gasteiger partial charge in [0.1, 0.15) is 0 Å². The third-order valence-electron chi connectivity index (χ3n) is 14.9. The lowest BCUT2D eigenvalue weighted by Gasteiger charge is -2.39. The van der Waals surface area contributed by atoms with Crippen molar-refractivity contribution >= 4 is 61.1 Å². The van der Waals surface area contributed by atoms with Crippen LogP contribution in [0.5, 0.6) is 0 Å². The molecule has 2 heteroatoms. The summed E-state index contributed by atoms with van der Waals surface area (Å²) in [4.78, 5) is 5.14. The van der Waals surface area contributed by atoms with E-state index in [1.165, 1.54) is 97.7 Å². The van der Waals surface area contributed by atoms with Crippen molar-refractivity contribution in [1.82, 2.24) is 0 Å². The summed E-state index contributed by atoms with van der Waals surface area (Å²) in [5.74, 6) is 0. The Morgan fingerprint density at radius 2 is 0.803 bits per heavy atom. The Labute approximate surface area is 390 Å².